The summed E-state index contributed by atoms with van der Waals surface area (Å²) >= 11 is 0. The highest BCUT2D eigenvalue weighted by Crippen LogP contribution is 2.36. The van der Waals surface area contributed by atoms with Gasteiger partial charge in [0.05, 0.1) is 79.3 Å². The van der Waals surface area contributed by atoms with Crippen LogP contribution in [-0.4, -0.2) is 93.5 Å². The molecule has 0 amide bonds. The van der Waals surface area contributed by atoms with E-state index >= 15 is 0 Å². The molecule has 0 aliphatic heterocycles. The van der Waals surface area contributed by atoms with Gasteiger partial charge in [-0.3, -0.25) is 0 Å². The van der Waals surface area contributed by atoms with Crippen LogP contribution in [0.5, 0.6) is 0 Å². The third-order valence-electron chi connectivity index (χ3n) is 3.45. The number of benzene rings is 1. The summed E-state index contributed by atoms with van der Waals surface area (Å²) in [5.74, 6) is 0. The molecule has 0 saturated carbocycles. The van der Waals surface area contributed by atoms with Gasteiger partial charge in [-0.25, -0.2) is 0 Å². The van der Waals surface area contributed by atoms with E-state index in [1.54, 1.807) is 14.2 Å². The van der Waals surface area contributed by atoms with Gasteiger partial charge in [0.2, 0.25) is 8.38 Å². The fraction of sp³-hybridized carbons (Fsp3) is 0.700. The number of hydrogen-bond donors (Lipinski definition) is 0. The molecule has 1 rings (SSSR count). The lowest BCUT2D eigenvalue weighted by Gasteiger charge is -2.18. The summed E-state index contributed by atoms with van der Waals surface area (Å²) in [7, 11) is 2.12. The van der Waals surface area contributed by atoms with Gasteiger partial charge in [-0.15, -0.1) is 0 Å². The summed E-state index contributed by atoms with van der Waals surface area (Å²) < 4.78 is 43.4. The van der Waals surface area contributed by atoms with Crippen LogP contribution in [0.2, 0.25) is 0 Å². The Labute approximate surface area is 175 Å². The zero-order chi connectivity index (χ0) is 20.8. The van der Waals surface area contributed by atoms with Gasteiger partial charge >= 0.3 is 0 Å². The molecule has 1 aromatic carbocycles. The Morgan fingerprint density at radius 3 is 1.31 bits per heavy atom. The molecule has 29 heavy (non-hydrogen) atoms. The number of rotatable bonds is 21. The minimum atomic E-state index is -1.18. The highest BCUT2D eigenvalue weighted by molar-refractivity contribution is 7.56. The first kappa shape index (κ1) is 26.4. The van der Waals surface area contributed by atoms with E-state index in [1.807, 2.05) is 30.3 Å². The summed E-state index contributed by atoms with van der Waals surface area (Å²) in [4.78, 5) is 0. The first-order valence-corrected chi connectivity index (χ1v) is 11.0. The first-order valence-electron chi connectivity index (χ1n) is 9.78. The number of methoxy groups -OCH3 is 2. The molecule has 0 N–H and O–H groups in total. The second-order valence-corrected chi connectivity index (χ2v) is 7.24. The molecule has 8 nitrogen and oxygen atoms in total. The first-order chi connectivity index (χ1) is 14.4. The number of hydrogen-bond acceptors (Lipinski definition) is 8. The van der Waals surface area contributed by atoms with Crippen LogP contribution >= 0.6 is 8.38 Å². The van der Waals surface area contributed by atoms with Crippen LogP contribution in [0.25, 0.3) is 0 Å². The lowest BCUT2D eigenvalue weighted by molar-refractivity contribution is 0.0142. The number of ether oxygens (including phenoxy) is 6. The van der Waals surface area contributed by atoms with Crippen molar-refractivity contribution in [1.82, 2.24) is 0 Å². The minimum absolute atomic E-state index is 0.451. The SMILES string of the molecule is COCCOCCOCCOP(OCCOCCOCCOC)c1ccccc1. The smallest absolute Gasteiger partial charge is 0.205 e. The second-order valence-electron chi connectivity index (χ2n) is 5.69. The van der Waals surface area contributed by atoms with Crippen LogP contribution in [0.3, 0.4) is 0 Å². The van der Waals surface area contributed by atoms with Gasteiger partial charge < -0.3 is 37.5 Å². The third-order valence-corrected chi connectivity index (χ3v) is 5.00. The van der Waals surface area contributed by atoms with Crippen LogP contribution < -0.4 is 5.30 Å². The second kappa shape index (κ2) is 20.6. The standard InChI is InChI=1S/C20H35O8P/c1-21-8-10-23-12-14-25-16-18-27-29(20-6-4-3-5-7-20)28-19-17-26-15-13-24-11-9-22-2/h3-7H,8-19H2,1-2H3. The largest absolute Gasteiger partial charge is 0.382 e. The summed E-state index contributed by atoms with van der Waals surface area (Å²) in [6.07, 6.45) is 0. The molecule has 0 radical (unpaired) electrons. The zero-order valence-corrected chi connectivity index (χ0v) is 18.5. The Morgan fingerprint density at radius 2 is 0.897 bits per heavy atom. The van der Waals surface area contributed by atoms with Crippen molar-refractivity contribution in [3.8, 4) is 0 Å². The fourth-order valence-corrected chi connectivity index (χ4v) is 3.29. The molecular formula is C20H35O8P. The minimum Gasteiger partial charge on any atom is -0.382 e. The third kappa shape index (κ3) is 15.8. The highest BCUT2D eigenvalue weighted by Gasteiger charge is 2.13. The Hall–Kier alpha value is -0.670. The van der Waals surface area contributed by atoms with Gasteiger partial charge in [0.1, 0.15) is 0 Å². The van der Waals surface area contributed by atoms with E-state index in [4.69, 9.17) is 37.5 Å². The van der Waals surface area contributed by atoms with Gasteiger partial charge in [-0.1, -0.05) is 18.2 Å². The van der Waals surface area contributed by atoms with Gasteiger partial charge in [0.15, 0.2) is 0 Å². The average Bonchev–Trinajstić information content (AvgIpc) is 2.76. The van der Waals surface area contributed by atoms with Gasteiger partial charge in [-0.05, 0) is 12.1 Å². The zero-order valence-electron chi connectivity index (χ0n) is 17.6. The maximum Gasteiger partial charge on any atom is 0.205 e. The van der Waals surface area contributed by atoms with Crippen molar-refractivity contribution in [3.05, 3.63) is 30.3 Å². The van der Waals surface area contributed by atoms with E-state index < -0.39 is 8.38 Å². The maximum atomic E-state index is 5.91. The van der Waals surface area contributed by atoms with E-state index in [1.165, 1.54) is 0 Å². The predicted molar refractivity (Wildman–Crippen MR) is 112 cm³/mol. The van der Waals surface area contributed by atoms with E-state index in [2.05, 4.69) is 0 Å². The van der Waals surface area contributed by atoms with E-state index in [0.29, 0.717) is 79.3 Å². The normalized spacial score (nSPS) is 11.4. The lowest BCUT2D eigenvalue weighted by Crippen LogP contribution is -2.14. The van der Waals surface area contributed by atoms with E-state index in [0.717, 1.165) is 5.30 Å². The van der Waals surface area contributed by atoms with Crippen LogP contribution in [0, 0.1) is 0 Å². The van der Waals surface area contributed by atoms with Gasteiger partial charge in [0, 0.05) is 19.5 Å². The van der Waals surface area contributed by atoms with Crippen molar-refractivity contribution in [2.45, 2.75) is 0 Å². The van der Waals surface area contributed by atoms with Crippen LogP contribution in [0.4, 0.5) is 0 Å². The van der Waals surface area contributed by atoms with Crippen LogP contribution in [0.15, 0.2) is 30.3 Å². The molecule has 0 aliphatic carbocycles. The van der Waals surface area contributed by atoms with Crippen molar-refractivity contribution in [1.29, 1.82) is 0 Å². The average molecular weight is 434 g/mol. The predicted octanol–water partition coefficient (Wildman–Crippen LogP) is 2.02. The monoisotopic (exact) mass is 434 g/mol. The summed E-state index contributed by atoms with van der Waals surface area (Å²) in [6.45, 7) is 6.33. The fourth-order valence-electron chi connectivity index (χ4n) is 2.02. The Bertz CT molecular complexity index is 429. The Balaban J connectivity index is 2.13. The van der Waals surface area contributed by atoms with Crippen molar-refractivity contribution in [2.75, 3.05) is 93.5 Å². The van der Waals surface area contributed by atoms with Gasteiger partial charge in [0.25, 0.3) is 0 Å². The van der Waals surface area contributed by atoms with Crippen molar-refractivity contribution in [3.63, 3.8) is 0 Å². The molecule has 1 aromatic rings. The quantitative estimate of drug-likeness (QED) is 0.215. The van der Waals surface area contributed by atoms with E-state index in [9.17, 15) is 0 Å². The summed E-state index contributed by atoms with van der Waals surface area (Å²) in [5, 5.41) is 1.02. The molecule has 0 spiro atoms. The van der Waals surface area contributed by atoms with Crippen molar-refractivity contribution in [2.24, 2.45) is 0 Å². The molecular weight excluding hydrogens is 399 g/mol. The maximum absolute atomic E-state index is 5.91. The Morgan fingerprint density at radius 1 is 0.517 bits per heavy atom. The van der Waals surface area contributed by atoms with E-state index in [-0.39, 0.29) is 0 Å². The van der Waals surface area contributed by atoms with Crippen molar-refractivity contribution >= 4 is 13.7 Å². The summed E-state index contributed by atoms with van der Waals surface area (Å²) in [5.41, 5.74) is 0. The molecule has 168 valence electrons. The van der Waals surface area contributed by atoms with Crippen LogP contribution in [0.1, 0.15) is 0 Å². The van der Waals surface area contributed by atoms with Crippen LogP contribution in [-0.2, 0) is 37.5 Å². The molecule has 9 heteroatoms. The van der Waals surface area contributed by atoms with Crippen molar-refractivity contribution < 1.29 is 37.5 Å². The topological polar surface area (TPSA) is 73.8 Å². The summed E-state index contributed by atoms with van der Waals surface area (Å²) in [6, 6.07) is 9.91. The molecule has 0 aromatic heterocycles. The molecule has 0 saturated heterocycles. The molecule has 0 heterocycles. The molecule has 0 atom stereocenters. The highest BCUT2D eigenvalue weighted by atomic mass is 31.2. The Kier molecular flexibility index (Phi) is 18.7. The molecule has 0 fully saturated rings. The molecule has 0 bridgehead atoms. The lowest BCUT2D eigenvalue weighted by atomic mass is 10.4. The van der Waals surface area contributed by atoms with Gasteiger partial charge in [-0.2, -0.15) is 0 Å². The molecule has 0 aliphatic rings. The molecule has 0 unspecified atom stereocenters.